The molecule has 0 saturated carbocycles. The van der Waals surface area contributed by atoms with Gasteiger partial charge >= 0.3 is 12.0 Å². The Morgan fingerprint density at radius 1 is 1.12 bits per heavy atom. The molecule has 0 spiro atoms. The Morgan fingerprint density at radius 3 is 2.69 bits per heavy atom. The van der Waals surface area contributed by atoms with Crippen LogP contribution in [0.1, 0.15) is 30.0 Å². The molecule has 1 fully saturated rings. The summed E-state index contributed by atoms with van der Waals surface area (Å²) >= 11 is 0. The standard InChI is InChI=1S/C25H27N5O2/c1-17-9-22(15-26-12-17)29-25(31)30-8-7-21(19(3)16-30)10-20-5-4-6-23(11-20)32-24-27-13-18(2)14-28-24/h4-6,9-15,19H,7-8,16H2,1-3H3,(H,29,31). The maximum Gasteiger partial charge on any atom is 0.321 e. The minimum absolute atomic E-state index is 0.0863. The number of hydrogen-bond acceptors (Lipinski definition) is 5. The van der Waals surface area contributed by atoms with Crippen molar-refractivity contribution in [1.82, 2.24) is 19.9 Å². The van der Waals surface area contributed by atoms with Gasteiger partial charge in [-0.25, -0.2) is 14.8 Å². The van der Waals surface area contributed by atoms with Gasteiger partial charge in [0.2, 0.25) is 0 Å². The molecule has 7 heteroatoms. The number of nitrogens with zero attached hydrogens (tertiary/aromatic N) is 4. The van der Waals surface area contributed by atoms with E-state index < -0.39 is 0 Å². The SMILES string of the molecule is Cc1cnc(Oc2cccc(C=C3CCN(C(=O)Nc4cncc(C)c4)CC3C)c2)nc1. The van der Waals surface area contributed by atoms with Crippen LogP contribution in [-0.2, 0) is 0 Å². The zero-order valence-electron chi connectivity index (χ0n) is 18.6. The largest absolute Gasteiger partial charge is 0.424 e. The van der Waals surface area contributed by atoms with Gasteiger partial charge in [0.1, 0.15) is 5.75 Å². The van der Waals surface area contributed by atoms with Crippen molar-refractivity contribution in [3.05, 3.63) is 77.4 Å². The predicted octanol–water partition coefficient (Wildman–Crippen LogP) is 5.24. The van der Waals surface area contributed by atoms with Gasteiger partial charge in [0, 0.05) is 31.7 Å². The average molecular weight is 430 g/mol. The summed E-state index contributed by atoms with van der Waals surface area (Å²) in [6.45, 7) is 7.39. The highest BCUT2D eigenvalue weighted by atomic mass is 16.5. The Hall–Kier alpha value is -3.74. The molecule has 0 bridgehead atoms. The number of nitrogens with one attached hydrogen (secondary N) is 1. The number of amides is 2. The lowest BCUT2D eigenvalue weighted by Crippen LogP contribution is -2.42. The molecule has 7 nitrogen and oxygen atoms in total. The number of urea groups is 1. The van der Waals surface area contributed by atoms with Gasteiger partial charge in [0.05, 0.1) is 11.9 Å². The number of carbonyl (C=O) groups is 1. The molecule has 2 amide bonds. The molecule has 3 heterocycles. The number of piperidine rings is 1. The van der Waals surface area contributed by atoms with Crippen molar-refractivity contribution < 1.29 is 9.53 Å². The van der Waals surface area contributed by atoms with Gasteiger partial charge in [0.15, 0.2) is 0 Å². The summed E-state index contributed by atoms with van der Waals surface area (Å²) in [7, 11) is 0. The molecule has 164 valence electrons. The van der Waals surface area contributed by atoms with Crippen molar-refractivity contribution in [2.24, 2.45) is 5.92 Å². The number of hydrogen-bond donors (Lipinski definition) is 1. The molecule has 1 unspecified atom stereocenters. The fourth-order valence-corrected chi connectivity index (χ4v) is 3.70. The minimum Gasteiger partial charge on any atom is -0.424 e. The van der Waals surface area contributed by atoms with Crippen LogP contribution in [0.4, 0.5) is 10.5 Å². The van der Waals surface area contributed by atoms with Crippen molar-refractivity contribution in [1.29, 1.82) is 0 Å². The molecule has 1 atom stereocenters. The second kappa shape index (κ2) is 9.60. The minimum atomic E-state index is -0.0863. The first kappa shape index (κ1) is 21.5. The normalized spacial score (nSPS) is 17.3. The highest BCUT2D eigenvalue weighted by molar-refractivity contribution is 5.89. The fourth-order valence-electron chi connectivity index (χ4n) is 3.70. The Bertz CT molecular complexity index is 1130. The maximum absolute atomic E-state index is 12.7. The van der Waals surface area contributed by atoms with Gasteiger partial charge in [-0.2, -0.15) is 0 Å². The third-order valence-electron chi connectivity index (χ3n) is 5.39. The van der Waals surface area contributed by atoms with Gasteiger partial charge in [-0.1, -0.05) is 30.7 Å². The number of rotatable bonds is 4. The van der Waals surface area contributed by atoms with Crippen LogP contribution in [-0.4, -0.2) is 39.0 Å². The number of aryl methyl sites for hydroxylation is 2. The van der Waals surface area contributed by atoms with E-state index in [1.54, 1.807) is 24.8 Å². The van der Waals surface area contributed by atoms with E-state index in [1.165, 1.54) is 5.57 Å². The van der Waals surface area contributed by atoms with Crippen molar-refractivity contribution in [2.75, 3.05) is 18.4 Å². The van der Waals surface area contributed by atoms with E-state index in [2.05, 4.69) is 33.3 Å². The Labute approximate surface area is 188 Å². The Morgan fingerprint density at radius 2 is 1.94 bits per heavy atom. The van der Waals surface area contributed by atoms with Crippen molar-refractivity contribution in [3.63, 3.8) is 0 Å². The Kier molecular flexibility index (Phi) is 6.44. The highest BCUT2D eigenvalue weighted by Crippen LogP contribution is 2.27. The highest BCUT2D eigenvalue weighted by Gasteiger charge is 2.24. The molecule has 1 aliphatic heterocycles. The van der Waals surface area contributed by atoms with E-state index >= 15 is 0 Å². The number of pyridine rings is 1. The summed E-state index contributed by atoms with van der Waals surface area (Å²) in [5.74, 6) is 0.953. The predicted molar refractivity (Wildman–Crippen MR) is 125 cm³/mol. The Balaban J connectivity index is 1.39. The van der Waals surface area contributed by atoms with Crippen LogP contribution in [0.3, 0.4) is 0 Å². The summed E-state index contributed by atoms with van der Waals surface area (Å²) in [5, 5.41) is 2.95. The number of ether oxygens (including phenoxy) is 1. The average Bonchev–Trinajstić information content (AvgIpc) is 2.77. The summed E-state index contributed by atoms with van der Waals surface area (Å²) in [6.07, 6.45) is 9.91. The number of aromatic nitrogens is 3. The van der Waals surface area contributed by atoms with Crippen LogP contribution in [0.2, 0.25) is 0 Å². The number of benzene rings is 1. The van der Waals surface area contributed by atoms with Gasteiger partial charge < -0.3 is 15.0 Å². The molecule has 1 aliphatic rings. The van der Waals surface area contributed by atoms with Crippen LogP contribution < -0.4 is 10.1 Å². The quantitative estimate of drug-likeness (QED) is 0.614. The first-order valence-electron chi connectivity index (χ1n) is 10.7. The third-order valence-corrected chi connectivity index (χ3v) is 5.39. The first-order valence-corrected chi connectivity index (χ1v) is 10.7. The lowest BCUT2D eigenvalue weighted by molar-refractivity contribution is 0.198. The monoisotopic (exact) mass is 429 g/mol. The smallest absolute Gasteiger partial charge is 0.321 e. The summed E-state index contributed by atoms with van der Waals surface area (Å²) in [4.78, 5) is 27.0. The van der Waals surface area contributed by atoms with Gasteiger partial charge in [-0.3, -0.25) is 4.98 Å². The van der Waals surface area contributed by atoms with Gasteiger partial charge in [-0.05, 0) is 61.1 Å². The zero-order chi connectivity index (χ0) is 22.5. The lowest BCUT2D eigenvalue weighted by atomic mass is 9.91. The molecule has 0 aliphatic carbocycles. The van der Waals surface area contributed by atoms with Gasteiger partial charge in [-0.15, -0.1) is 0 Å². The first-order chi connectivity index (χ1) is 15.5. The van der Waals surface area contributed by atoms with Crippen LogP contribution in [0.5, 0.6) is 11.8 Å². The van der Waals surface area contributed by atoms with Crippen LogP contribution in [0.25, 0.3) is 6.08 Å². The summed E-state index contributed by atoms with van der Waals surface area (Å²) in [5.41, 5.74) is 5.09. The fraction of sp³-hybridized carbons (Fsp3) is 0.280. The molecule has 32 heavy (non-hydrogen) atoms. The van der Waals surface area contributed by atoms with Crippen LogP contribution in [0, 0.1) is 19.8 Å². The summed E-state index contributed by atoms with van der Waals surface area (Å²) in [6, 6.07) is 10.0. The van der Waals surface area contributed by atoms with Crippen LogP contribution >= 0.6 is 0 Å². The number of likely N-dealkylation sites (tertiary alicyclic amines) is 1. The van der Waals surface area contributed by atoms with E-state index in [4.69, 9.17) is 4.74 Å². The second-order valence-corrected chi connectivity index (χ2v) is 8.21. The third kappa shape index (κ3) is 5.49. The van der Waals surface area contributed by atoms with Crippen LogP contribution in [0.15, 0.2) is 60.7 Å². The maximum atomic E-state index is 12.7. The van der Waals surface area contributed by atoms with Crippen molar-refractivity contribution >= 4 is 17.8 Å². The van der Waals surface area contributed by atoms with Gasteiger partial charge in [0.25, 0.3) is 0 Å². The molecule has 0 radical (unpaired) electrons. The summed E-state index contributed by atoms with van der Waals surface area (Å²) < 4.78 is 5.79. The molecule has 1 N–H and O–H groups in total. The molecule has 4 rings (SSSR count). The van der Waals surface area contributed by atoms with Crippen molar-refractivity contribution in [3.8, 4) is 11.8 Å². The van der Waals surface area contributed by atoms with E-state index in [9.17, 15) is 4.79 Å². The zero-order valence-corrected chi connectivity index (χ0v) is 18.6. The molecule has 1 saturated heterocycles. The van der Waals surface area contributed by atoms with Crippen molar-refractivity contribution in [2.45, 2.75) is 27.2 Å². The molecule has 1 aromatic carbocycles. The lowest BCUT2D eigenvalue weighted by Gasteiger charge is -2.33. The van der Waals surface area contributed by atoms with E-state index in [0.717, 1.165) is 28.8 Å². The molecular formula is C25H27N5O2. The van der Waals surface area contributed by atoms with E-state index in [-0.39, 0.29) is 11.9 Å². The second-order valence-electron chi connectivity index (χ2n) is 8.21. The number of carbonyl (C=O) groups excluding carboxylic acids is 1. The molecular weight excluding hydrogens is 402 g/mol. The van der Waals surface area contributed by atoms with E-state index in [1.807, 2.05) is 49.1 Å². The topological polar surface area (TPSA) is 80.2 Å². The molecule has 3 aromatic rings. The number of anilines is 1. The van der Waals surface area contributed by atoms with E-state index in [0.29, 0.717) is 24.8 Å². The molecule has 2 aromatic heterocycles.